The zero-order valence-corrected chi connectivity index (χ0v) is 21.4. The molecule has 0 aliphatic heterocycles. The second kappa shape index (κ2) is 11.0. The SMILES string of the molecule is CC1(F)CC1C(=O)NCC(Cc1ccccc1)(C1=CC(C#CC(F)(F)F)CC=C1)c1cccc(OC(F)(F)F)c1. The quantitative estimate of drug-likeness (QED) is 0.277. The number of hydrogen-bond donors (Lipinski definition) is 1. The van der Waals surface area contributed by atoms with Crippen molar-refractivity contribution in [2.75, 3.05) is 6.54 Å². The average molecular weight is 566 g/mol. The van der Waals surface area contributed by atoms with Gasteiger partial charge in [-0.05, 0) is 55.0 Å². The van der Waals surface area contributed by atoms with Crippen molar-refractivity contribution in [3.8, 4) is 17.6 Å². The molecule has 4 rings (SSSR count). The topological polar surface area (TPSA) is 38.3 Å². The lowest BCUT2D eigenvalue weighted by Crippen LogP contribution is -2.45. The van der Waals surface area contributed by atoms with Crippen LogP contribution in [0.15, 0.2) is 78.4 Å². The summed E-state index contributed by atoms with van der Waals surface area (Å²) in [5.41, 5.74) is -1.41. The molecule has 0 heterocycles. The van der Waals surface area contributed by atoms with Gasteiger partial charge in [-0.1, -0.05) is 66.6 Å². The van der Waals surface area contributed by atoms with Crippen LogP contribution >= 0.6 is 0 Å². The minimum atomic E-state index is -4.96. The molecule has 2 aromatic rings. The first-order valence-corrected chi connectivity index (χ1v) is 12.5. The predicted octanol–water partition coefficient (Wildman–Crippen LogP) is 7.00. The number of benzene rings is 2. The zero-order valence-electron chi connectivity index (χ0n) is 21.4. The zero-order chi connectivity index (χ0) is 29.2. The first-order chi connectivity index (χ1) is 18.7. The molecule has 1 N–H and O–H groups in total. The standard InChI is InChI=1S/C30H26F7NO2/c1-27(31)18-25(27)26(39)38-19-28(17-21-7-3-2-4-8-21,23-11-6-12-24(16-23)40-30(35,36)37)22-10-5-9-20(15-22)13-14-29(32,33)34/h2-8,10-12,15-16,20,25H,9,17-19H2,1H3,(H,38,39). The summed E-state index contributed by atoms with van der Waals surface area (Å²) in [6.45, 7) is 1.14. The van der Waals surface area contributed by atoms with E-state index in [1.807, 2.05) is 0 Å². The number of rotatable bonds is 8. The van der Waals surface area contributed by atoms with Crippen LogP contribution in [-0.2, 0) is 16.6 Å². The number of carbonyl (C=O) groups is 1. The number of carbonyl (C=O) groups excluding carboxylic acids is 1. The molecule has 40 heavy (non-hydrogen) atoms. The van der Waals surface area contributed by atoms with Crippen molar-refractivity contribution in [1.82, 2.24) is 5.32 Å². The Kier molecular flexibility index (Phi) is 8.06. The van der Waals surface area contributed by atoms with E-state index in [1.165, 1.54) is 25.0 Å². The van der Waals surface area contributed by atoms with E-state index in [0.717, 1.165) is 11.6 Å². The summed E-state index contributed by atoms with van der Waals surface area (Å²) in [7, 11) is 0. The van der Waals surface area contributed by atoms with Gasteiger partial charge < -0.3 is 10.1 Å². The van der Waals surface area contributed by atoms with Crippen LogP contribution in [0.1, 0.15) is 30.9 Å². The largest absolute Gasteiger partial charge is 0.573 e. The summed E-state index contributed by atoms with van der Waals surface area (Å²) >= 11 is 0. The predicted molar refractivity (Wildman–Crippen MR) is 135 cm³/mol. The number of halogens is 7. The minimum Gasteiger partial charge on any atom is -0.406 e. The van der Waals surface area contributed by atoms with Gasteiger partial charge in [-0.2, -0.15) is 13.2 Å². The maximum absolute atomic E-state index is 14.3. The second-order valence-electron chi connectivity index (χ2n) is 10.2. The lowest BCUT2D eigenvalue weighted by atomic mass is 9.67. The highest BCUT2D eigenvalue weighted by Crippen LogP contribution is 2.47. The van der Waals surface area contributed by atoms with E-state index < -0.39 is 47.1 Å². The van der Waals surface area contributed by atoms with Gasteiger partial charge >= 0.3 is 12.5 Å². The number of amides is 1. The Morgan fingerprint density at radius 2 is 1.77 bits per heavy atom. The number of nitrogens with one attached hydrogen (secondary N) is 1. The summed E-state index contributed by atoms with van der Waals surface area (Å²) in [6.07, 6.45) is -4.42. The Bertz CT molecular complexity index is 1350. The van der Waals surface area contributed by atoms with E-state index in [-0.39, 0.29) is 25.8 Å². The van der Waals surface area contributed by atoms with Gasteiger partial charge in [-0.15, -0.1) is 13.2 Å². The Morgan fingerprint density at radius 3 is 2.40 bits per heavy atom. The molecule has 0 saturated heterocycles. The van der Waals surface area contributed by atoms with Crippen molar-refractivity contribution in [2.45, 2.75) is 49.8 Å². The summed E-state index contributed by atoms with van der Waals surface area (Å²) in [5.74, 6) is 0.736. The average Bonchev–Trinajstić information content (AvgIpc) is 3.52. The van der Waals surface area contributed by atoms with Crippen molar-refractivity contribution in [2.24, 2.45) is 11.8 Å². The Hall–Kier alpha value is -3.74. The van der Waals surface area contributed by atoms with Gasteiger partial charge in [0.1, 0.15) is 11.4 Å². The van der Waals surface area contributed by atoms with Crippen LogP contribution in [0.4, 0.5) is 30.7 Å². The fourth-order valence-corrected chi connectivity index (χ4v) is 4.92. The maximum Gasteiger partial charge on any atom is 0.573 e. The monoisotopic (exact) mass is 565 g/mol. The molecule has 4 unspecified atom stereocenters. The van der Waals surface area contributed by atoms with Crippen molar-refractivity contribution in [1.29, 1.82) is 0 Å². The van der Waals surface area contributed by atoms with Crippen LogP contribution in [0.3, 0.4) is 0 Å². The highest BCUT2D eigenvalue weighted by atomic mass is 19.4. The molecule has 1 saturated carbocycles. The van der Waals surface area contributed by atoms with Crippen LogP contribution < -0.4 is 10.1 Å². The van der Waals surface area contributed by atoms with Crippen LogP contribution in [0, 0.1) is 23.7 Å². The number of hydrogen-bond acceptors (Lipinski definition) is 2. The normalized spacial score (nSPS) is 23.8. The van der Waals surface area contributed by atoms with Gasteiger partial charge in [0.25, 0.3) is 0 Å². The lowest BCUT2D eigenvalue weighted by molar-refractivity contribution is -0.274. The molecule has 1 fully saturated rings. The van der Waals surface area contributed by atoms with Crippen molar-refractivity contribution in [3.63, 3.8) is 0 Å². The minimum absolute atomic E-state index is 0.0388. The molecule has 10 heteroatoms. The first kappa shape index (κ1) is 29.2. The fourth-order valence-electron chi connectivity index (χ4n) is 4.92. The molecule has 0 spiro atoms. The van der Waals surface area contributed by atoms with Crippen molar-refractivity contribution in [3.05, 3.63) is 89.5 Å². The molecule has 3 nitrogen and oxygen atoms in total. The van der Waals surface area contributed by atoms with E-state index in [4.69, 9.17) is 0 Å². The molecule has 212 valence electrons. The van der Waals surface area contributed by atoms with E-state index in [1.54, 1.807) is 54.6 Å². The molecular weight excluding hydrogens is 539 g/mol. The molecule has 0 bridgehead atoms. The highest BCUT2D eigenvalue weighted by Gasteiger charge is 2.56. The Labute approximate surface area is 227 Å². The molecule has 0 aromatic heterocycles. The summed E-state index contributed by atoms with van der Waals surface area (Å²) in [6, 6.07) is 14.2. The maximum atomic E-state index is 14.3. The third kappa shape index (κ3) is 7.46. The Balaban J connectivity index is 1.84. The molecule has 1 amide bonds. The third-order valence-corrected chi connectivity index (χ3v) is 7.04. The van der Waals surface area contributed by atoms with E-state index in [9.17, 15) is 35.5 Å². The van der Waals surface area contributed by atoms with Gasteiger partial charge in [-0.3, -0.25) is 4.79 Å². The molecule has 4 atom stereocenters. The first-order valence-electron chi connectivity index (χ1n) is 12.5. The van der Waals surface area contributed by atoms with Crippen LogP contribution in [0.5, 0.6) is 5.75 Å². The fraction of sp³-hybridized carbons (Fsp3) is 0.367. The molecule has 0 radical (unpaired) electrons. The highest BCUT2D eigenvalue weighted by molar-refractivity contribution is 5.83. The lowest BCUT2D eigenvalue weighted by Gasteiger charge is -2.38. The van der Waals surface area contributed by atoms with Crippen molar-refractivity contribution < 1.29 is 40.3 Å². The number of alkyl halides is 7. The number of ether oxygens (including phenoxy) is 1. The van der Waals surface area contributed by atoms with E-state index in [0.29, 0.717) is 11.1 Å². The summed E-state index contributed by atoms with van der Waals surface area (Å²) < 4.78 is 96.2. The summed E-state index contributed by atoms with van der Waals surface area (Å²) in [4.78, 5) is 12.9. The molecular formula is C30H26F7NO2. The molecule has 2 aromatic carbocycles. The van der Waals surface area contributed by atoms with Crippen LogP contribution in [0.25, 0.3) is 0 Å². The van der Waals surface area contributed by atoms with Gasteiger partial charge in [0.05, 0.1) is 5.92 Å². The van der Waals surface area contributed by atoms with Gasteiger partial charge in [0, 0.05) is 23.8 Å². The van der Waals surface area contributed by atoms with Gasteiger partial charge in [0.15, 0.2) is 0 Å². The third-order valence-electron chi connectivity index (χ3n) is 7.04. The number of allylic oxidation sites excluding steroid dienone is 3. The van der Waals surface area contributed by atoms with Gasteiger partial charge in [-0.25, -0.2) is 4.39 Å². The van der Waals surface area contributed by atoms with E-state index in [2.05, 4.69) is 16.0 Å². The Morgan fingerprint density at radius 1 is 1.07 bits per heavy atom. The van der Waals surface area contributed by atoms with Crippen LogP contribution in [-0.4, -0.2) is 30.7 Å². The van der Waals surface area contributed by atoms with Crippen LogP contribution in [0.2, 0.25) is 0 Å². The van der Waals surface area contributed by atoms with Gasteiger partial charge in [0.2, 0.25) is 5.91 Å². The second-order valence-corrected chi connectivity index (χ2v) is 10.2. The smallest absolute Gasteiger partial charge is 0.406 e. The van der Waals surface area contributed by atoms with Crippen molar-refractivity contribution >= 4 is 5.91 Å². The molecule has 2 aliphatic rings. The summed E-state index contributed by atoms with van der Waals surface area (Å²) in [5, 5.41) is 2.76. The van der Waals surface area contributed by atoms with E-state index >= 15 is 0 Å². The molecule has 2 aliphatic carbocycles.